The van der Waals surface area contributed by atoms with E-state index in [9.17, 15) is 12.8 Å². The minimum Gasteiger partial charge on any atom is -0.398 e. The summed E-state index contributed by atoms with van der Waals surface area (Å²) in [6.07, 6.45) is 0.491. The smallest absolute Gasteiger partial charge is 0.242 e. The van der Waals surface area contributed by atoms with Crippen LogP contribution in [0, 0.1) is 11.7 Å². The van der Waals surface area contributed by atoms with Gasteiger partial charge < -0.3 is 10.8 Å². The number of benzene rings is 1. The number of hydrogen-bond donors (Lipinski definition) is 3. The van der Waals surface area contributed by atoms with Crippen molar-refractivity contribution in [3.8, 4) is 0 Å². The molecule has 0 saturated carbocycles. The molecule has 0 saturated heterocycles. The molecule has 8 heteroatoms. The summed E-state index contributed by atoms with van der Waals surface area (Å²) in [6.45, 7) is 1.98. The molecule has 19 heavy (non-hydrogen) atoms. The van der Waals surface area contributed by atoms with Crippen molar-refractivity contribution in [2.75, 3.05) is 18.9 Å². The molecule has 1 atom stereocenters. The van der Waals surface area contributed by atoms with E-state index in [1.807, 2.05) is 6.92 Å². The number of aliphatic hydroxyl groups is 1. The fourth-order valence-electron chi connectivity index (χ4n) is 1.43. The first-order chi connectivity index (χ1) is 8.77. The van der Waals surface area contributed by atoms with Crippen molar-refractivity contribution in [2.45, 2.75) is 18.2 Å². The highest BCUT2D eigenvalue weighted by molar-refractivity contribution is 9.10. The summed E-state index contributed by atoms with van der Waals surface area (Å²) in [5.41, 5.74) is 5.37. The van der Waals surface area contributed by atoms with Crippen LogP contribution >= 0.6 is 15.9 Å². The van der Waals surface area contributed by atoms with Gasteiger partial charge in [-0.15, -0.1) is 0 Å². The molecule has 1 rings (SSSR count). The van der Waals surface area contributed by atoms with Crippen LogP contribution in [-0.2, 0) is 10.0 Å². The zero-order chi connectivity index (χ0) is 14.6. The zero-order valence-electron chi connectivity index (χ0n) is 10.4. The number of sulfonamides is 1. The van der Waals surface area contributed by atoms with Crippen LogP contribution in [0.15, 0.2) is 21.5 Å². The molecule has 1 unspecified atom stereocenters. The van der Waals surface area contributed by atoms with Crippen LogP contribution < -0.4 is 10.5 Å². The molecule has 1 aromatic rings. The molecular weight excluding hydrogens is 339 g/mol. The lowest BCUT2D eigenvalue weighted by molar-refractivity contribution is 0.263. The van der Waals surface area contributed by atoms with E-state index >= 15 is 0 Å². The number of anilines is 1. The van der Waals surface area contributed by atoms with Gasteiger partial charge in [-0.1, -0.05) is 6.92 Å². The molecule has 0 bridgehead atoms. The fourth-order valence-corrected chi connectivity index (χ4v) is 3.23. The number of hydrogen-bond acceptors (Lipinski definition) is 4. The van der Waals surface area contributed by atoms with Crippen molar-refractivity contribution in [3.63, 3.8) is 0 Å². The van der Waals surface area contributed by atoms with Crippen molar-refractivity contribution in [3.05, 3.63) is 22.4 Å². The van der Waals surface area contributed by atoms with Crippen molar-refractivity contribution in [1.82, 2.24) is 4.72 Å². The first kappa shape index (κ1) is 16.4. The van der Waals surface area contributed by atoms with Gasteiger partial charge in [0.25, 0.3) is 0 Å². The molecule has 0 aromatic heterocycles. The van der Waals surface area contributed by atoms with Gasteiger partial charge in [0.15, 0.2) is 0 Å². The van der Waals surface area contributed by atoms with E-state index in [4.69, 9.17) is 10.8 Å². The lowest BCUT2D eigenvalue weighted by atomic mass is 10.1. The predicted octanol–water partition coefficient (Wildman–Crippen LogP) is 1.47. The quantitative estimate of drug-likeness (QED) is 0.674. The third-order valence-corrected chi connectivity index (χ3v) is 4.67. The highest BCUT2D eigenvalue weighted by Gasteiger charge is 2.20. The van der Waals surface area contributed by atoms with Gasteiger partial charge in [0.05, 0.1) is 10.2 Å². The Morgan fingerprint density at radius 1 is 1.53 bits per heavy atom. The summed E-state index contributed by atoms with van der Waals surface area (Å²) in [5.74, 6) is -0.630. The van der Waals surface area contributed by atoms with E-state index in [-0.39, 0.29) is 34.1 Å². The molecule has 0 spiro atoms. The number of nitrogens with two attached hydrogens (primary N) is 1. The topological polar surface area (TPSA) is 92.4 Å². The molecule has 5 nitrogen and oxygen atoms in total. The monoisotopic (exact) mass is 354 g/mol. The van der Waals surface area contributed by atoms with Gasteiger partial charge >= 0.3 is 0 Å². The second-order valence-corrected chi connectivity index (χ2v) is 6.86. The lowest BCUT2D eigenvalue weighted by Crippen LogP contribution is -2.29. The summed E-state index contributed by atoms with van der Waals surface area (Å²) < 4.78 is 39.7. The summed E-state index contributed by atoms with van der Waals surface area (Å²) in [7, 11) is -3.80. The van der Waals surface area contributed by atoms with Gasteiger partial charge in [-0.05, 0) is 40.4 Å². The van der Waals surface area contributed by atoms with Gasteiger partial charge in [-0.3, -0.25) is 0 Å². The normalized spacial score (nSPS) is 13.5. The van der Waals surface area contributed by atoms with Crippen LogP contribution in [0.5, 0.6) is 0 Å². The summed E-state index contributed by atoms with van der Waals surface area (Å²) in [6, 6.07) is 2.08. The van der Waals surface area contributed by atoms with Crippen LogP contribution in [0.25, 0.3) is 0 Å². The van der Waals surface area contributed by atoms with Crippen LogP contribution in [0.2, 0.25) is 0 Å². The highest BCUT2D eigenvalue weighted by atomic mass is 79.9. The number of aliphatic hydroxyl groups excluding tert-OH is 1. The molecule has 0 aliphatic rings. The largest absolute Gasteiger partial charge is 0.398 e. The van der Waals surface area contributed by atoms with Crippen molar-refractivity contribution in [1.29, 1.82) is 0 Å². The minimum atomic E-state index is -3.80. The number of halogens is 2. The van der Waals surface area contributed by atoms with E-state index < -0.39 is 15.8 Å². The van der Waals surface area contributed by atoms with Crippen molar-refractivity contribution < 1.29 is 17.9 Å². The third kappa shape index (κ3) is 4.41. The minimum absolute atomic E-state index is 0.00682. The second kappa shape index (κ2) is 6.65. The van der Waals surface area contributed by atoms with E-state index in [1.165, 1.54) is 0 Å². The number of nitrogen functional groups attached to an aromatic ring is 1. The average molecular weight is 355 g/mol. The summed E-state index contributed by atoms with van der Waals surface area (Å²) >= 11 is 2.92. The summed E-state index contributed by atoms with van der Waals surface area (Å²) in [4.78, 5) is -0.169. The number of nitrogens with one attached hydrogen (secondary N) is 1. The van der Waals surface area contributed by atoms with Gasteiger partial charge in [-0.2, -0.15) is 0 Å². The van der Waals surface area contributed by atoms with Crippen LogP contribution in [0.4, 0.5) is 10.1 Å². The van der Waals surface area contributed by atoms with Crippen LogP contribution in [0.1, 0.15) is 13.3 Å². The second-order valence-electron chi connectivity index (χ2n) is 4.27. The Kier molecular flexibility index (Phi) is 5.72. The molecule has 0 aliphatic heterocycles. The van der Waals surface area contributed by atoms with Crippen molar-refractivity contribution in [2.24, 2.45) is 5.92 Å². The molecule has 0 fully saturated rings. The molecule has 1 aromatic carbocycles. The van der Waals surface area contributed by atoms with Gasteiger partial charge in [0.2, 0.25) is 10.0 Å². The molecule has 0 aliphatic carbocycles. The molecule has 108 valence electrons. The fraction of sp³-hybridized carbons (Fsp3) is 0.455. The molecule has 4 N–H and O–H groups in total. The first-order valence-electron chi connectivity index (χ1n) is 5.63. The standard InChI is InChI=1S/C11H16BrFN2O3S/c1-7(2-3-16)6-15-19(17,18)11-4-8(12)9(13)5-10(11)14/h4-5,7,15-16H,2-3,6,14H2,1H3. The van der Waals surface area contributed by atoms with Crippen LogP contribution in [0.3, 0.4) is 0 Å². The van der Waals surface area contributed by atoms with Gasteiger partial charge in [0.1, 0.15) is 10.7 Å². The maximum Gasteiger partial charge on any atom is 0.242 e. The van der Waals surface area contributed by atoms with Crippen molar-refractivity contribution >= 4 is 31.6 Å². The van der Waals surface area contributed by atoms with Gasteiger partial charge in [-0.25, -0.2) is 17.5 Å². The first-order valence-corrected chi connectivity index (χ1v) is 7.90. The molecule has 0 heterocycles. The predicted molar refractivity (Wildman–Crippen MR) is 74.6 cm³/mol. The molecule has 0 amide bonds. The number of rotatable bonds is 6. The Labute approximate surface area is 120 Å². The average Bonchev–Trinajstić information content (AvgIpc) is 2.31. The Hall–Kier alpha value is -0.700. The Morgan fingerprint density at radius 2 is 2.16 bits per heavy atom. The third-order valence-electron chi connectivity index (χ3n) is 2.59. The molecular formula is C11H16BrFN2O3S. The highest BCUT2D eigenvalue weighted by Crippen LogP contribution is 2.26. The molecule has 0 radical (unpaired) electrons. The van der Waals surface area contributed by atoms with E-state index in [2.05, 4.69) is 20.7 Å². The lowest BCUT2D eigenvalue weighted by Gasteiger charge is -2.13. The Balaban J connectivity index is 2.92. The van der Waals surface area contributed by atoms with E-state index in [0.29, 0.717) is 6.42 Å². The maximum atomic E-state index is 13.2. The van der Waals surface area contributed by atoms with Gasteiger partial charge in [0, 0.05) is 13.2 Å². The van der Waals surface area contributed by atoms with E-state index in [1.54, 1.807) is 0 Å². The van der Waals surface area contributed by atoms with Crippen LogP contribution in [-0.4, -0.2) is 26.7 Å². The maximum absolute atomic E-state index is 13.2. The summed E-state index contributed by atoms with van der Waals surface area (Å²) in [5, 5.41) is 8.75. The Morgan fingerprint density at radius 3 is 2.74 bits per heavy atom. The Bertz CT molecular complexity index is 551. The van der Waals surface area contributed by atoms with E-state index in [0.717, 1.165) is 12.1 Å². The zero-order valence-corrected chi connectivity index (χ0v) is 12.8. The SMILES string of the molecule is CC(CCO)CNS(=O)(=O)c1cc(Br)c(F)cc1N.